The van der Waals surface area contributed by atoms with Gasteiger partial charge in [-0.2, -0.15) is 23.1 Å². The van der Waals surface area contributed by atoms with Crippen molar-refractivity contribution in [2.24, 2.45) is 7.05 Å². The van der Waals surface area contributed by atoms with Crippen molar-refractivity contribution in [2.75, 3.05) is 10.6 Å². The molecular formula is C24H24F3N7O. The predicted molar refractivity (Wildman–Crippen MR) is 123 cm³/mol. The van der Waals surface area contributed by atoms with E-state index in [2.05, 4.69) is 30.7 Å². The number of anilines is 2. The van der Waals surface area contributed by atoms with E-state index < -0.39 is 11.7 Å². The highest BCUT2D eigenvalue weighted by atomic mass is 19.4. The second-order valence-electron chi connectivity index (χ2n) is 9.41. The summed E-state index contributed by atoms with van der Waals surface area (Å²) in [6, 6.07) is 5.59. The molecule has 182 valence electrons. The number of imidazole rings is 1. The molecule has 0 unspecified atom stereocenters. The van der Waals surface area contributed by atoms with Gasteiger partial charge in [0.25, 0.3) is 0 Å². The first-order valence-corrected chi connectivity index (χ1v) is 11.6. The Kier molecular flexibility index (Phi) is 5.15. The minimum absolute atomic E-state index is 0.139. The number of benzene rings is 1. The molecule has 0 amide bonds. The Balaban J connectivity index is 1.14. The number of alkyl halides is 3. The van der Waals surface area contributed by atoms with Crippen LogP contribution in [0.3, 0.4) is 0 Å². The van der Waals surface area contributed by atoms with Crippen LogP contribution in [-0.4, -0.2) is 30.7 Å². The number of hydrogen-bond donors (Lipinski definition) is 2. The molecule has 2 aliphatic rings. The van der Waals surface area contributed by atoms with Crippen LogP contribution in [0.25, 0.3) is 11.2 Å². The highest BCUT2D eigenvalue weighted by molar-refractivity contribution is 5.84. The van der Waals surface area contributed by atoms with Gasteiger partial charge in [-0.3, -0.25) is 0 Å². The molecule has 8 nitrogen and oxygen atoms in total. The van der Waals surface area contributed by atoms with Crippen molar-refractivity contribution in [2.45, 2.75) is 56.3 Å². The molecule has 4 aromatic rings. The molecule has 0 radical (unpaired) electrons. The summed E-state index contributed by atoms with van der Waals surface area (Å²) < 4.78 is 45.5. The molecule has 0 spiro atoms. The first-order valence-electron chi connectivity index (χ1n) is 11.6. The molecule has 0 bridgehead atoms. The zero-order valence-electron chi connectivity index (χ0n) is 19.0. The lowest BCUT2D eigenvalue weighted by molar-refractivity contribution is -0.137. The molecule has 0 atom stereocenters. The fourth-order valence-corrected chi connectivity index (χ4v) is 4.60. The quantitative estimate of drug-likeness (QED) is 0.372. The van der Waals surface area contributed by atoms with Gasteiger partial charge >= 0.3 is 6.18 Å². The summed E-state index contributed by atoms with van der Waals surface area (Å²) in [6.45, 7) is 0.525. The summed E-state index contributed by atoms with van der Waals surface area (Å²) in [4.78, 5) is 13.8. The first kappa shape index (κ1) is 21.9. The maximum atomic E-state index is 12.8. The van der Waals surface area contributed by atoms with Gasteiger partial charge in [0.05, 0.1) is 17.6 Å². The molecule has 2 fully saturated rings. The van der Waals surface area contributed by atoms with Gasteiger partial charge in [-0.25, -0.2) is 4.98 Å². The van der Waals surface area contributed by atoms with E-state index >= 15 is 0 Å². The van der Waals surface area contributed by atoms with E-state index in [0.29, 0.717) is 35.4 Å². The van der Waals surface area contributed by atoms with Gasteiger partial charge in [-0.15, -0.1) is 0 Å². The van der Waals surface area contributed by atoms with Gasteiger partial charge in [-0.1, -0.05) is 17.3 Å². The average Bonchev–Trinajstić information content (AvgIpc) is 3.43. The lowest BCUT2D eigenvalue weighted by Gasteiger charge is -2.36. The van der Waals surface area contributed by atoms with Crippen molar-refractivity contribution in [1.29, 1.82) is 0 Å². The van der Waals surface area contributed by atoms with Gasteiger partial charge in [0, 0.05) is 31.1 Å². The molecular weight excluding hydrogens is 459 g/mol. The topological polar surface area (TPSA) is 93.7 Å². The van der Waals surface area contributed by atoms with E-state index in [9.17, 15) is 13.2 Å². The average molecular weight is 483 g/mol. The number of aryl methyl sites for hydroxylation is 1. The second kappa shape index (κ2) is 8.24. The van der Waals surface area contributed by atoms with E-state index in [4.69, 9.17) is 4.52 Å². The Morgan fingerprint density at radius 2 is 1.86 bits per heavy atom. The van der Waals surface area contributed by atoms with Crippen LogP contribution in [0, 0.1) is 0 Å². The summed E-state index contributed by atoms with van der Waals surface area (Å²) in [5.74, 6) is 1.81. The van der Waals surface area contributed by atoms with Crippen molar-refractivity contribution < 1.29 is 17.7 Å². The number of hydrogen-bond acceptors (Lipinski definition) is 7. The lowest BCUT2D eigenvalue weighted by atomic mass is 9.76. The highest BCUT2D eigenvalue weighted by Gasteiger charge is 2.34. The van der Waals surface area contributed by atoms with Crippen LogP contribution in [0.4, 0.5) is 24.9 Å². The van der Waals surface area contributed by atoms with Crippen molar-refractivity contribution in [3.63, 3.8) is 0 Å². The standard InChI is InChI=1S/C24H24F3N7O/c1-34-12-29-20-21(28-10-16-11-35-33-19(16)14-2-3-14)31-23(32-22(20)34)30-18-8-15(9-18)13-4-6-17(7-5-13)24(25,26)27/h4-7,11-12,14-15,18H,2-3,8-10H2,1H3,(H2,28,30,31,32). The first-order chi connectivity index (χ1) is 16.8. The number of nitrogens with zero attached hydrogens (tertiary/aromatic N) is 5. The van der Waals surface area contributed by atoms with E-state index in [1.807, 2.05) is 11.6 Å². The van der Waals surface area contributed by atoms with E-state index in [-0.39, 0.29) is 12.0 Å². The number of fused-ring (bicyclic) bond motifs is 1. The normalized spacial score (nSPS) is 20.1. The van der Waals surface area contributed by atoms with Crippen molar-refractivity contribution >= 4 is 22.9 Å². The van der Waals surface area contributed by atoms with Crippen molar-refractivity contribution in [3.8, 4) is 0 Å². The zero-order chi connectivity index (χ0) is 24.2. The maximum Gasteiger partial charge on any atom is 0.416 e. The fourth-order valence-electron chi connectivity index (χ4n) is 4.60. The Bertz CT molecular complexity index is 1350. The number of halogens is 3. The Labute approximate surface area is 199 Å². The fraction of sp³-hybridized carbons (Fsp3) is 0.417. The molecule has 11 heteroatoms. The van der Waals surface area contributed by atoms with Crippen molar-refractivity contribution in [1.82, 2.24) is 24.7 Å². The molecule has 2 saturated carbocycles. The number of nitrogens with one attached hydrogen (secondary N) is 2. The maximum absolute atomic E-state index is 12.8. The zero-order valence-corrected chi connectivity index (χ0v) is 19.0. The molecule has 2 N–H and O–H groups in total. The minimum Gasteiger partial charge on any atom is -0.364 e. The molecule has 0 saturated heterocycles. The van der Waals surface area contributed by atoms with E-state index in [0.717, 1.165) is 54.6 Å². The van der Waals surface area contributed by atoms with Gasteiger partial charge < -0.3 is 19.7 Å². The highest BCUT2D eigenvalue weighted by Crippen LogP contribution is 2.41. The molecule has 3 heterocycles. The molecule has 1 aromatic carbocycles. The summed E-state index contributed by atoms with van der Waals surface area (Å²) in [5, 5.41) is 10.9. The minimum atomic E-state index is -4.32. The van der Waals surface area contributed by atoms with Gasteiger partial charge in [0.1, 0.15) is 6.26 Å². The molecule has 6 rings (SSSR count). The predicted octanol–water partition coefficient (Wildman–Crippen LogP) is 5.22. The van der Waals surface area contributed by atoms with Crippen LogP contribution in [0.2, 0.25) is 0 Å². The monoisotopic (exact) mass is 483 g/mol. The van der Waals surface area contributed by atoms with Crippen LogP contribution >= 0.6 is 0 Å². The Morgan fingerprint density at radius 1 is 1.09 bits per heavy atom. The number of rotatable bonds is 7. The number of aromatic nitrogens is 5. The molecule has 3 aromatic heterocycles. The van der Waals surface area contributed by atoms with Crippen LogP contribution < -0.4 is 10.6 Å². The van der Waals surface area contributed by atoms with Gasteiger partial charge in [0.15, 0.2) is 17.0 Å². The van der Waals surface area contributed by atoms with Crippen LogP contribution in [-0.2, 0) is 19.8 Å². The largest absolute Gasteiger partial charge is 0.416 e. The molecule has 2 aliphatic carbocycles. The van der Waals surface area contributed by atoms with Gasteiger partial charge in [-0.05, 0) is 49.3 Å². The SMILES string of the molecule is Cn1cnc2c(NCc3conc3C3CC3)nc(NC3CC(c4ccc(C(F)(F)F)cc4)C3)nc21. The lowest BCUT2D eigenvalue weighted by Crippen LogP contribution is -2.34. The Morgan fingerprint density at radius 3 is 2.57 bits per heavy atom. The van der Waals surface area contributed by atoms with Crippen LogP contribution in [0.15, 0.2) is 41.4 Å². The third-order valence-corrected chi connectivity index (χ3v) is 6.83. The second-order valence-corrected chi connectivity index (χ2v) is 9.41. The summed E-state index contributed by atoms with van der Waals surface area (Å²) >= 11 is 0. The van der Waals surface area contributed by atoms with E-state index in [1.165, 1.54) is 0 Å². The van der Waals surface area contributed by atoms with Crippen LogP contribution in [0.5, 0.6) is 0 Å². The summed E-state index contributed by atoms with van der Waals surface area (Å²) in [7, 11) is 1.88. The Hall–Kier alpha value is -3.63. The summed E-state index contributed by atoms with van der Waals surface area (Å²) in [5.41, 5.74) is 3.70. The molecule has 35 heavy (non-hydrogen) atoms. The summed E-state index contributed by atoms with van der Waals surface area (Å²) in [6.07, 6.45) is 2.93. The van der Waals surface area contributed by atoms with Gasteiger partial charge in [0.2, 0.25) is 5.95 Å². The smallest absolute Gasteiger partial charge is 0.364 e. The third kappa shape index (κ3) is 4.30. The van der Waals surface area contributed by atoms with Crippen LogP contribution in [0.1, 0.15) is 59.9 Å². The third-order valence-electron chi connectivity index (χ3n) is 6.83. The van der Waals surface area contributed by atoms with E-state index in [1.54, 1.807) is 24.7 Å². The molecule has 0 aliphatic heterocycles. The van der Waals surface area contributed by atoms with Crippen molar-refractivity contribution in [3.05, 3.63) is 59.2 Å².